The highest BCUT2D eigenvalue weighted by atomic mass is 19.1. The average molecular weight is 322 g/mol. The van der Waals surface area contributed by atoms with Crippen molar-refractivity contribution in [3.63, 3.8) is 0 Å². The Kier molecular flexibility index (Phi) is 4.75. The molecule has 0 fully saturated rings. The molecule has 0 aliphatic heterocycles. The quantitative estimate of drug-likeness (QED) is 0.734. The van der Waals surface area contributed by atoms with Crippen LogP contribution in [0.5, 0.6) is 0 Å². The molecule has 1 amide bonds. The minimum absolute atomic E-state index is 0.103. The third kappa shape index (κ3) is 3.90. The van der Waals surface area contributed by atoms with Gasteiger partial charge in [-0.15, -0.1) is 0 Å². The topological polar surface area (TPSA) is 34.0 Å². The number of halogens is 1. The molecule has 0 saturated heterocycles. The third-order valence-electron chi connectivity index (χ3n) is 3.90. The highest BCUT2D eigenvalue weighted by Crippen LogP contribution is 2.24. The van der Waals surface area contributed by atoms with Crippen molar-refractivity contribution in [2.75, 3.05) is 5.32 Å². The number of benzene rings is 2. The zero-order valence-electron chi connectivity index (χ0n) is 13.4. The number of hydrogen-bond donors (Lipinski definition) is 1. The van der Waals surface area contributed by atoms with E-state index in [4.69, 9.17) is 0 Å². The van der Waals surface area contributed by atoms with E-state index in [0.717, 1.165) is 11.1 Å². The van der Waals surface area contributed by atoms with Gasteiger partial charge in [-0.25, -0.2) is 4.39 Å². The average Bonchev–Trinajstić information content (AvgIpc) is 3.07. The minimum atomic E-state index is -0.367. The fourth-order valence-corrected chi connectivity index (χ4v) is 2.78. The molecule has 1 N–H and O–H groups in total. The van der Waals surface area contributed by atoms with Gasteiger partial charge in [-0.3, -0.25) is 4.79 Å². The van der Waals surface area contributed by atoms with E-state index < -0.39 is 0 Å². The Labute approximate surface area is 140 Å². The molecule has 0 bridgehead atoms. The molecule has 3 nitrogen and oxygen atoms in total. The number of nitrogens with one attached hydrogen (secondary N) is 1. The molecule has 1 unspecified atom stereocenters. The summed E-state index contributed by atoms with van der Waals surface area (Å²) in [4.78, 5) is 12.4. The van der Waals surface area contributed by atoms with E-state index in [1.165, 1.54) is 12.1 Å². The van der Waals surface area contributed by atoms with Crippen LogP contribution < -0.4 is 5.32 Å². The highest BCUT2D eigenvalue weighted by Gasteiger charge is 2.17. The molecule has 1 aromatic heterocycles. The first-order valence-electron chi connectivity index (χ1n) is 7.86. The van der Waals surface area contributed by atoms with Crippen molar-refractivity contribution < 1.29 is 9.18 Å². The van der Waals surface area contributed by atoms with E-state index in [-0.39, 0.29) is 24.2 Å². The molecule has 1 atom stereocenters. The van der Waals surface area contributed by atoms with Gasteiger partial charge in [0.15, 0.2) is 0 Å². The number of carbonyl (C=O) groups is 1. The lowest BCUT2D eigenvalue weighted by Gasteiger charge is -2.20. The number of aryl methyl sites for hydroxylation is 1. The first-order chi connectivity index (χ1) is 11.6. The van der Waals surface area contributed by atoms with Crippen LogP contribution in [0.1, 0.15) is 23.6 Å². The Morgan fingerprint density at radius 3 is 2.54 bits per heavy atom. The Morgan fingerprint density at radius 1 is 1.08 bits per heavy atom. The first kappa shape index (κ1) is 16.0. The van der Waals surface area contributed by atoms with Crippen LogP contribution >= 0.6 is 0 Å². The van der Waals surface area contributed by atoms with Crippen molar-refractivity contribution in [2.45, 2.75) is 19.4 Å². The maximum atomic E-state index is 13.3. The van der Waals surface area contributed by atoms with Gasteiger partial charge in [-0.2, -0.15) is 0 Å². The summed E-state index contributed by atoms with van der Waals surface area (Å²) in [6.45, 7) is 2.03. The Balaban J connectivity index is 1.80. The lowest BCUT2D eigenvalue weighted by atomic mass is 10.0. The zero-order valence-corrected chi connectivity index (χ0v) is 13.4. The molecule has 3 aromatic rings. The van der Waals surface area contributed by atoms with Crippen molar-refractivity contribution in [3.8, 4) is 0 Å². The van der Waals surface area contributed by atoms with Gasteiger partial charge in [0.25, 0.3) is 0 Å². The Morgan fingerprint density at radius 2 is 1.83 bits per heavy atom. The smallest absolute Gasteiger partial charge is 0.226 e. The normalized spacial score (nSPS) is 11.9. The van der Waals surface area contributed by atoms with Gasteiger partial charge in [-0.05, 0) is 42.8 Å². The maximum Gasteiger partial charge on any atom is 0.226 e. The molecule has 0 radical (unpaired) electrons. The van der Waals surface area contributed by atoms with Crippen molar-refractivity contribution in [2.24, 2.45) is 0 Å². The number of aromatic nitrogens is 1. The number of amides is 1. The van der Waals surface area contributed by atoms with Crippen LogP contribution in [0.4, 0.5) is 10.1 Å². The van der Waals surface area contributed by atoms with Gasteiger partial charge >= 0.3 is 0 Å². The van der Waals surface area contributed by atoms with Crippen LogP contribution in [0.3, 0.4) is 0 Å². The standard InChI is InChI=1S/C20H19FN2O/c1-15-6-4-7-16(12-15)19(23-10-2-3-11-23)14-20(24)22-18-9-5-8-17(21)13-18/h2-13,19H,14H2,1H3,(H,22,24). The van der Waals surface area contributed by atoms with Crippen LogP contribution in [0.2, 0.25) is 0 Å². The number of nitrogens with zero attached hydrogens (tertiary/aromatic N) is 1. The Hall–Kier alpha value is -2.88. The number of anilines is 1. The monoisotopic (exact) mass is 322 g/mol. The summed E-state index contributed by atoms with van der Waals surface area (Å²) in [6, 6.07) is 17.8. The summed E-state index contributed by atoms with van der Waals surface area (Å²) < 4.78 is 15.3. The largest absolute Gasteiger partial charge is 0.346 e. The second-order valence-corrected chi connectivity index (χ2v) is 5.82. The summed E-state index contributed by atoms with van der Waals surface area (Å²) in [6.07, 6.45) is 4.17. The van der Waals surface area contributed by atoms with Crippen molar-refractivity contribution >= 4 is 11.6 Å². The van der Waals surface area contributed by atoms with Crippen molar-refractivity contribution in [1.82, 2.24) is 4.57 Å². The predicted octanol–water partition coefficient (Wildman–Crippen LogP) is 4.55. The first-order valence-corrected chi connectivity index (χ1v) is 7.86. The molecule has 0 aliphatic carbocycles. The second-order valence-electron chi connectivity index (χ2n) is 5.82. The molecule has 122 valence electrons. The molecule has 24 heavy (non-hydrogen) atoms. The molecular formula is C20H19FN2O. The van der Waals surface area contributed by atoms with Crippen LogP contribution in [-0.4, -0.2) is 10.5 Å². The summed E-state index contributed by atoms with van der Waals surface area (Å²) in [7, 11) is 0. The summed E-state index contributed by atoms with van der Waals surface area (Å²) >= 11 is 0. The lowest BCUT2D eigenvalue weighted by molar-refractivity contribution is -0.116. The number of hydrogen-bond acceptors (Lipinski definition) is 1. The van der Waals surface area contributed by atoms with Gasteiger partial charge in [0.1, 0.15) is 5.82 Å². The van der Waals surface area contributed by atoms with E-state index in [2.05, 4.69) is 11.4 Å². The van der Waals surface area contributed by atoms with Crippen LogP contribution in [0, 0.1) is 12.7 Å². The van der Waals surface area contributed by atoms with Gasteiger partial charge in [0.2, 0.25) is 5.91 Å². The van der Waals surface area contributed by atoms with E-state index in [0.29, 0.717) is 5.69 Å². The Bertz CT molecular complexity index is 827. The van der Waals surface area contributed by atoms with Crippen LogP contribution in [0.25, 0.3) is 0 Å². The van der Waals surface area contributed by atoms with E-state index >= 15 is 0 Å². The minimum Gasteiger partial charge on any atom is -0.346 e. The molecule has 0 saturated carbocycles. The lowest BCUT2D eigenvalue weighted by Crippen LogP contribution is -2.19. The molecule has 2 aromatic carbocycles. The fraction of sp³-hybridized carbons (Fsp3) is 0.150. The summed E-state index contributed by atoms with van der Waals surface area (Å²) in [5.74, 6) is -0.519. The predicted molar refractivity (Wildman–Crippen MR) is 93.4 cm³/mol. The maximum absolute atomic E-state index is 13.3. The fourth-order valence-electron chi connectivity index (χ4n) is 2.78. The van der Waals surface area contributed by atoms with Gasteiger partial charge in [0, 0.05) is 18.1 Å². The van der Waals surface area contributed by atoms with Crippen molar-refractivity contribution in [1.29, 1.82) is 0 Å². The second kappa shape index (κ2) is 7.13. The van der Waals surface area contributed by atoms with E-state index in [9.17, 15) is 9.18 Å². The van der Waals surface area contributed by atoms with Gasteiger partial charge < -0.3 is 9.88 Å². The molecule has 0 aliphatic rings. The summed E-state index contributed by atoms with van der Waals surface area (Å²) in [5.41, 5.74) is 2.69. The highest BCUT2D eigenvalue weighted by molar-refractivity contribution is 5.91. The SMILES string of the molecule is Cc1cccc(C(CC(=O)Nc2cccc(F)c2)n2cccc2)c1. The van der Waals surface area contributed by atoms with Crippen molar-refractivity contribution in [3.05, 3.63) is 90.0 Å². The summed E-state index contributed by atoms with van der Waals surface area (Å²) in [5, 5.41) is 2.77. The van der Waals surface area contributed by atoms with E-state index in [1.54, 1.807) is 12.1 Å². The molecule has 0 spiro atoms. The molecule has 4 heteroatoms. The molecule has 1 heterocycles. The molecular weight excluding hydrogens is 303 g/mol. The van der Waals surface area contributed by atoms with Crippen LogP contribution in [-0.2, 0) is 4.79 Å². The van der Waals surface area contributed by atoms with E-state index in [1.807, 2.05) is 54.2 Å². The number of rotatable bonds is 5. The zero-order chi connectivity index (χ0) is 16.9. The molecule has 3 rings (SSSR count). The van der Waals surface area contributed by atoms with Gasteiger partial charge in [-0.1, -0.05) is 35.9 Å². The number of carbonyl (C=O) groups excluding carboxylic acids is 1. The van der Waals surface area contributed by atoms with Crippen LogP contribution in [0.15, 0.2) is 73.1 Å². The third-order valence-corrected chi connectivity index (χ3v) is 3.90. The van der Waals surface area contributed by atoms with Gasteiger partial charge in [0.05, 0.1) is 12.5 Å².